The molecule has 1 aromatic rings. The van der Waals surface area contributed by atoms with Crippen LogP contribution in [0.3, 0.4) is 0 Å². The Hall–Kier alpha value is -1.31. The molecular formula is C11H16N2. The average molecular weight is 176 g/mol. The molecule has 1 unspecified atom stereocenters. The van der Waals surface area contributed by atoms with Crippen molar-refractivity contribution in [3.63, 3.8) is 0 Å². The summed E-state index contributed by atoms with van der Waals surface area (Å²) in [4.78, 5) is 4.31. The average Bonchev–Trinajstić information content (AvgIpc) is 2.09. The summed E-state index contributed by atoms with van der Waals surface area (Å²) in [5.74, 6) is 0.943. The highest BCUT2D eigenvalue weighted by atomic mass is 15.0. The third-order valence-electron chi connectivity index (χ3n) is 1.93. The first-order valence-corrected chi connectivity index (χ1v) is 4.46. The minimum absolute atomic E-state index is 0.258. The first kappa shape index (κ1) is 9.78. The first-order valence-electron chi connectivity index (χ1n) is 4.46. The Morgan fingerprint density at radius 3 is 2.77 bits per heavy atom. The van der Waals surface area contributed by atoms with Gasteiger partial charge >= 0.3 is 0 Å². The van der Waals surface area contributed by atoms with Crippen LogP contribution in [0.4, 0.5) is 5.82 Å². The third kappa shape index (κ3) is 2.58. The van der Waals surface area contributed by atoms with Gasteiger partial charge in [0.15, 0.2) is 0 Å². The van der Waals surface area contributed by atoms with Crippen molar-refractivity contribution in [1.29, 1.82) is 0 Å². The summed E-state index contributed by atoms with van der Waals surface area (Å²) in [6.45, 7) is 9.86. The Kier molecular flexibility index (Phi) is 3.07. The van der Waals surface area contributed by atoms with Crippen LogP contribution in [0.2, 0.25) is 0 Å². The maximum Gasteiger partial charge on any atom is 0.129 e. The molecule has 1 N–H and O–H groups in total. The van der Waals surface area contributed by atoms with Crippen LogP contribution >= 0.6 is 0 Å². The topological polar surface area (TPSA) is 24.9 Å². The Balaban J connectivity index is 2.83. The lowest BCUT2D eigenvalue weighted by molar-refractivity contribution is 0.976. The number of aryl methyl sites for hydroxylation is 2. The molecule has 1 rings (SSSR count). The SMILES string of the molecule is C=CC(C)Nc1ncc(C)cc1C. The molecule has 0 radical (unpaired) electrons. The summed E-state index contributed by atoms with van der Waals surface area (Å²) in [6, 6.07) is 2.37. The number of hydrogen-bond donors (Lipinski definition) is 1. The zero-order chi connectivity index (χ0) is 9.84. The van der Waals surface area contributed by atoms with Gasteiger partial charge in [-0.3, -0.25) is 0 Å². The molecule has 0 aliphatic carbocycles. The summed E-state index contributed by atoms with van der Waals surface area (Å²) in [5, 5.41) is 3.26. The number of aromatic nitrogens is 1. The van der Waals surface area contributed by atoms with Crippen molar-refractivity contribution in [2.24, 2.45) is 0 Å². The van der Waals surface area contributed by atoms with Crippen molar-refractivity contribution in [2.45, 2.75) is 26.8 Å². The van der Waals surface area contributed by atoms with E-state index in [1.165, 1.54) is 11.1 Å². The fraction of sp³-hybridized carbons (Fsp3) is 0.364. The van der Waals surface area contributed by atoms with Crippen LogP contribution in [-0.2, 0) is 0 Å². The van der Waals surface area contributed by atoms with Gasteiger partial charge in [0.25, 0.3) is 0 Å². The quantitative estimate of drug-likeness (QED) is 0.716. The van der Waals surface area contributed by atoms with E-state index in [4.69, 9.17) is 0 Å². The second-order valence-corrected chi connectivity index (χ2v) is 3.35. The van der Waals surface area contributed by atoms with Crippen LogP contribution in [0.1, 0.15) is 18.1 Å². The molecule has 1 atom stereocenters. The zero-order valence-corrected chi connectivity index (χ0v) is 8.46. The minimum Gasteiger partial charge on any atom is -0.364 e. The van der Waals surface area contributed by atoms with Gasteiger partial charge in [-0.2, -0.15) is 0 Å². The van der Waals surface area contributed by atoms with Gasteiger partial charge in [0, 0.05) is 12.2 Å². The number of rotatable bonds is 3. The second kappa shape index (κ2) is 4.08. The molecule has 70 valence electrons. The van der Waals surface area contributed by atoms with Crippen LogP contribution in [-0.4, -0.2) is 11.0 Å². The Morgan fingerprint density at radius 2 is 2.23 bits per heavy atom. The van der Waals surface area contributed by atoms with Crippen LogP contribution in [0, 0.1) is 13.8 Å². The van der Waals surface area contributed by atoms with Gasteiger partial charge in [-0.25, -0.2) is 4.98 Å². The highest BCUT2D eigenvalue weighted by Gasteiger charge is 2.01. The van der Waals surface area contributed by atoms with E-state index in [-0.39, 0.29) is 6.04 Å². The van der Waals surface area contributed by atoms with Gasteiger partial charge in [0.05, 0.1) is 0 Å². The molecule has 2 heteroatoms. The third-order valence-corrected chi connectivity index (χ3v) is 1.93. The number of nitrogens with one attached hydrogen (secondary N) is 1. The highest BCUT2D eigenvalue weighted by molar-refractivity contribution is 5.45. The predicted molar refractivity (Wildman–Crippen MR) is 57.0 cm³/mol. The Bertz CT molecular complexity index is 305. The normalized spacial score (nSPS) is 12.2. The van der Waals surface area contributed by atoms with Crippen molar-refractivity contribution in [3.8, 4) is 0 Å². The lowest BCUT2D eigenvalue weighted by Crippen LogP contribution is -2.13. The molecule has 1 heterocycles. The molecule has 1 aromatic heterocycles. The van der Waals surface area contributed by atoms with E-state index in [2.05, 4.69) is 29.9 Å². The minimum atomic E-state index is 0.258. The molecular weight excluding hydrogens is 160 g/mol. The molecule has 0 saturated heterocycles. The van der Waals surface area contributed by atoms with Gasteiger partial charge in [0.1, 0.15) is 5.82 Å². The maximum atomic E-state index is 4.31. The molecule has 0 aliphatic heterocycles. The predicted octanol–water partition coefficient (Wildman–Crippen LogP) is 2.68. The van der Waals surface area contributed by atoms with Crippen LogP contribution in [0.5, 0.6) is 0 Å². The van der Waals surface area contributed by atoms with E-state index in [0.717, 1.165) is 5.82 Å². The fourth-order valence-corrected chi connectivity index (χ4v) is 1.14. The van der Waals surface area contributed by atoms with Gasteiger partial charge in [-0.05, 0) is 31.9 Å². The Labute approximate surface area is 79.7 Å². The molecule has 0 fully saturated rings. The van der Waals surface area contributed by atoms with Gasteiger partial charge in [-0.1, -0.05) is 12.1 Å². The molecule has 0 bridgehead atoms. The lowest BCUT2D eigenvalue weighted by Gasteiger charge is -2.12. The summed E-state index contributed by atoms with van der Waals surface area (Å²) < 4.78 is 0. The number of nitrogens with zero attached hydrogens (tertiary/aromatic N) is 1. The van der Waals surface area contributed by atoms with Gasteiger partial charge in [0.2, 0.25) is 0 Å². The lowest BCUT2D eigenvalue weighted by atomic mass is 10.2. The monoisotopic (exact) mass is 176 g/mol. The molecule has 0 saturated carbocycles. The van der Waals surface area contributed by atoms with Crippen molar-refractivity contribution < 1.29 is 0 Å². The van der Waals surface area contributed by atoms with E-state index < -0.39 is 0 Å². The van der Waals surface area contributed by atoms with Crippen molar-refractivity contribution >= 4 is 5.82 Å². The smallest absolute Gasteiger partial charge is 0.129 e. The summed E-state index contributed by atoms with van der Waals surface area (Å²) in [6.07, 6.45) is 3.73. The first-order chi connectivity index (χ1) is 6.13. The Morgan fingerprint density at radius 1 is 1.54 bits per heavy atom. The van der Waals surface area contributed by atoms with E-state index in [1.807, 2.05) is 26.1 Å². The van der Waals surface area contributed by atoms with E-state index in [9.17, 15) is 0 Å². The maximum absolute atomic E-state index is 4.31. The van der Waals surface area contributed by atoms with E-state index in [1.54, 1.807) is 0 Å². The molecule has 0 aromatic carbocycles. The van der Waals surface area contributed by atoms with Crippen molar-refractivity contribution in [2.75, 3.05) is 5.32 Å². The summed E-state index contributed by atoms with van der Waals surface area (Å²) >= 11 is 0. The number of anilines is 1. The van der Waals surface area contributed by atoms with Crippen LogP contribution in [0.25, 0.3) is 0 Å². The molecule has 0 aliphatic rings. The summed E-state index contributed by atoms with van der Waals surface area (Å²) in [5.41, 5.74) is 2.36. The molecule has 0 amide bonds. The molecule has 13 heavy (non-hydrogen) atoms. The van der Waals surface area contributed by atoms with Crippen molar-refractivity contribution in [3.05, 3.63) is 36.0 Å². The molecule has 2 nitrogen and oxygen atoms in total. The highest BCUT2D eigenvalue weighted by Crippen LogP contribution is 2.13. The van der Waals surface area contributed by atoms with E-state index in [0.29, 0.717) is 0 Å². The van der Waals surface area contributed by atoms with Crippen LogP contribution < -0.4 is 5.32 Å². The zero-order valence-electron chi connectivity index (χ0n) is 8.46. The summed E-state index contributed by atoms with van der Waals surface area (Å²) in [7, 11) is 0. The van der Waals surface area contributed by atoms with Gasteiger partial charge < -0.3 is 5.32 Å². The standard InChI is InChI=1S/C11H16N2/c1-5-10(4)13-11-9(3)6-8(2)7-12-11/h5-7,10H,1H2,2-4H3,(H,12,13). The van der Waals surface area contributed by atoms with Gasteiger partial charge in [-0.15, -0.1) is 6.58 Å². The van der Waals surface area contributed by atoms with Crippen LogP contribution in [0.15, 0.2) is 24.9 Å². The number of hydrogen-bond acceptors (Lipinski definition) is 2. The molecule has 0 spiro atoms. The van der Waals surface area contributed by atoms with Crippen molar-refractivity contribution in [1.82, 2.24) is 4.98 Å². The number of pyridine rings is 1. The largest absolute Gasteiger partial charge is 0.364 e. The fourth-order valence-electron chi connectivity index (χ4n) is 1.14. The van der Waals surface area contributed by atoms with E-state index >= 15 is 0 Å². The second-order valence-electron chi connectivity index (χ2n) is 3.35.